The molecule has 7 aliphatic rings. The van der Waals surface area contributed by atoms with E-state index >= 15 is 13.2 Å². The number of pyridine rings is 1. The molecule has 2 bridgehead atoms. The average molecular weight is 1010 g/mol. The summed E-state index contributed by atoms with van der Waals surface area (Å²) < 4.78 is 61.4. The number of hydrogen-bond donors (Lipinski definition) is 3. The number of rotatable bonds is 11. The topological polar surface area (TPSA) is 169 Å². The molecule has 3 N–H and O–H groups in total. The van der Waals surface area contributed by atoms with Crippen molar-refractivity contribution in [1.82, 2.24) is 40.3 Å². The number of nitrogens with one attached hydrogen (secondary N) is 2. The number of aromatic hydroxyl groups is 1. The number of aromatic nitrogens is 3. The molecule has 386 valence electrons. The van der Waals surface area contributed by atoms with Crippen LogP contribution in [-0.4, -0.2) is 155 Å². The lowest BCUT2D eigenvalue weighted by Crippen LogP contribution is -2.52. The van der Waals surface area contributed by atoms with Crippen molar-refractivity contribution < 1.29 is 42.1 Å². The standard InChI is InChI=1S/C55H59F3N10O6/c1-3-38-43(56)8-4-31-20-35(69)22-40(47(31)38)50-49(58)51-41(23-59-50)52(67-25-32-5-6-33(26-67)60-32)63-55(62-51)73-29-34-21-37(27-64(34)2)74-36-14-16-65(17-15-36)24-30-12-18-66(19-13-30)44-9-7-39-42(48(44)57)28-68(54(39)72)45-10-11-46(70)61-53(45)71/h1,4,7-9,20,22-23,30,32-34,36-37,45,60,69H,5-6,10-19,21,24-29H2,2H3,(H,61,70,71)/t32?,33?,34-,37+,45?/m0/s1. The van der Waals surface area contributed by atoms with Gasteiger partial charge in [0.2, 0.25) is 11.8 Å². The number of carbonyl (C=O) groups is 3. The molecule has 74 heavy (non-hydrogen) atoms. The lowest BCUT2D eigenvalue weighted by molar-refractivity contribution is -0.136. The highest BCUT2D eigenvalue weighted by atomic mass is 19.1. The van der Waals surface area contributed by atoms with Crippen LogP contribution in [0.3, 0.4) is 0 Å². The zero-order valence-corrected chi connectivity index (χ0v) is 41.3. The van der Waals surface area contributed by atoms with E-state index < -0.39 is 29.4 Å². The fourth-order valence-corrected chi connectivity index (χ4v) is 12.8. The second kappa shape index (κ2) is 19.6. The Labute approximate surface area is 426 Å². The summed E-state index contributed by atoms with van der Waals surface area (Å²) in [6, 6.07) is 8.66. The van der Waals surface area contributed by atoms with Gasteiger partial charge < -0.3 is 39.5 Å². The molecule has 0 spiro atoms. The fraction of sp³-hybridized carbons (Fsp3) is 0.491. The maximum Gasteiger partial charge on any atom is 0.319 e. The number of piperidine rings is 3. The molecular formula is C55H59F3N10O6. The molecule has 16 nitrogen and oxygen atoms in total. The maximum absolute atomic E-state index is 17.1. The highest BCUT2D eigenvalue weighted by Gasteiger charge is 2.42. The van der Waals surface area contributed by atoms with Crippen LogP contribution in [0.5, 0.6) is 11.8 Å². The van der Waals surface area contributed by atoms with Gasteiger partial charge in [0.25, 0.3) is 5.91 Å². The molecule has 3 amide bonds. The molecule has 12 rings (SSSR count). The van der Waals surface area contributed by atoms with Gasteiger partial charge in [-0.1, -0.05) is 12.0 Å². The summed E-state index contributed by atoms with van der Waals surface area (Å²) in [7, 11) is 2.05. The lowest BCUT2D eigenvalue weighted by atomic mass is 9.94. The van der Waals surface area contributed by atoms with Crippen LogP contribution in [0, 0.1) is 35.7 Å². The third kappa shape index (κ3) is 9.02. The minimum atomic E-state index is -0.787. The number of carbonyl (C=O) groups excluding carboxylic acids is 3. The number of ether oxygens (including phenoxy) is 2. The quantitative estimate of drug-likeness (QED) is 0.112. The highest BCUT2D eigenvalue weighted by molar-refractivity contribution is 6.06. The van der Waals surface area contributed by atoms with Gasteiger partial charge in [-0.25, -0.2) is 13.2 Å². The summed E-state index contributed by atoms with van der Waals surface area (Å²) >= 11 is 0. The highest BCUT2D eigenvalue weighted by Crippen LogP contribution is 2.40. The van der Waals surface area contributed by atoms with Gasteiger partial charge >= 0.3 is 6.01 Å². The van der Waals surface area contributed by atoms with Crippen molar-refractivity contribution in [3.63, 3.8) is 0 Å². The van der Waals surface area contributed by atoms with Gasteiger partial charge in [0.15, 0.2) is 11.6 Å². The number of anilines is 2. The number of likely N-dealkylation sites (N-methyl/N-ethyl adjacent to an activating group) is 1. The van der Waals surface area contributed by atoms with Crippen LogP contribution in [0.4, 0.5) is 24.7 Å². The number of imide groups is 1. The van der Waals surface area contributed by atoms with Crippen molar-refractivity contribution in [2.75, 3.05) is 75.8 Å². The van der Waals surface area contributed by atoms with Gasteiger partial charge in [-0.3, -0.25) is 29.6 Å². The molecule has 5 aromatic rings. The molecule has 3 aromatic carbocycles. The predicted molar refractivity (Wildman–Crippen MR) is 270 cm³/mol. The number of nitrogens with zero attached hydrogens (tertiary/aromatic N) is 8. The number of phenols is 1. The third-order valence-electron chi connectivity index (χ3n) is 16.7. The molecule has 0 aliphatic carbocycles. The molecule has 0 radical (unpaired) electrons. The summed E-state index contributed by atoms with van der Waals surface area (Å²) in [5, 5.41) is 17.8. The van der Waals surface area contributed by atoms with E-state index in [1.54, 1.807) is 12.1 Å². The molecule has 9 heterocycles. The van der Waals surface area contributed by atoms with Gasteiger partial charge in [0.05, 0.1) is 35.4 Å². The van der Waals surface area contributed by atoms with Crippen LogP contribution < -0.4 is 25.2 Å². The first-order valence-corrected chi connectivity index (χ1v) is 26.1. The number of piperazine rings is 1. The minimum Gasteiger partial charge on any atom is -0.508 e. The van der Waals surface area contributed by atoms with Crippen molar-refractivity contribution >= 4 is 50.9 Å². The number of likely N-dealkylation sites (tertiary alicyclic amines) is 2. The van der Waals surface area contributed by atoms with E-state index in [1.165, 1.54) is 35.4 Å². The van der Waals surface area contributed by atoms with Gasteiger partial charge in [-0.2, -0.15) is 9.97 Å². The average Bonchev–Trinajstić information content (AvgIpc) is 4.05. The summed E-state index contributed by atoms with van der Waals surface area (Å²) in [4.78, 5) is 61.9. The Morgan fingerprint density at radius 3 is 2.41 bits per heavy atom. The molecule has 3 unspecified atom stereocenters. The zero-order chi connectivity index (χ0) is 50.9. The van der Waals surface area contributed by atoms with E-state index in [9.17, 15) is 19.5 Å². The van der Waals surface area contributed by atoms with Gasteiger partial charge in [0.1, 0.15) is 41.2 Å². The normalized spacial score (nSPS) is 25.1. The second-order valence-corrected chi connectivity index (χ2v) is 21.4. The van der Waals surface area contributed by atoms with Crippen LogP contribution >= 0.6 is 0 Å². The summed E-state index contributed by atoms with van der Waals surface area (Å²) in [6.45, 7) is 6.63. The number of amides is 3. The van der Waals surface area contributed by atoms with Crippen molar-refractivity contribution in [2.24, 2.45) is 5.92 Å². The molecule has 7 aliphatic heterocycles. The summed E-state index contributed by atoms with van der Waals surface area (Å²) in [5.41, 5.74) is 1.04. The van der Waals surface area contributed by atoms with Crippen molar-refractivity contribution in [3.8, 4) is 35.4 Å². The maximum atomic E-state index is 17.1. The van der Waals surface area contributed by atoms with Crippen LogP contribution in [-0.2, 0) is 20.9 Å². The first-order valence-electron chi connectivity index (χ1n) is 26.1. The first kappa shape index (κ1) is 48.4. The number of halogens is 3. The van der Waals surface area contributed by atoms with E-state index in [-0.39, 0.29) is 113 Å². The SMILES string of the molecule is C#Cc1c(F)ccc2cc(O)cc(-c3ncc4c(N5CC6CCC(C5)N6)nc(OC[C@@H]5C[C@@H](OC6CCN(CC7CCN(c8ccc9c(c8F)CN(C8CCC(=O)NC8=O)C9=O)CC7)CC6)CN5C)nc4c3F)c12. The van der Waals surface area contributed by atoms with E-state index in [0.717, 1.165) is 71.1 Å². The molecule has 0 saturated carbocycles. The van der Waals surface area contributed by atoms with Crippen LogP contribution in [0.1, 0.15) is 79.3 Å². The van der Waals surface area contributed by atoms with E-state index in [1.807, 2.05) is 0 Å². The van der Waals surface area contributed by atoms with Crippen LogP contribution in [0.25, 0.3) is 32.9 Å². The molecule has 2 aromatic heterocycles. The van der Waals surface area contributed by atoms with Gasteiger partial charge in [-0.05, 0) is 100 Å². The third-order valence-corrected chi connectivity index (χ3v) is 16.7. The predicted octanol–water partition coefficient (Wildman–Crippen LogP) is 5.50. The Balaban J connectivity index is 0.660. The zero-order valence-electron chi connectivity index (χ0n) is 41.3. The second-order valence-electron chi connectivity index (χ2n) is 21.4. The summed E-state index contributed by atoms with van der Waals surface area (Å²) in [5.74, 6) is 0.202. The molecule has 5 atom stereocenters. The number of fused-ring (bicyclic) bond motifs is 5. The lowest BCUT2D eigenvalue weighted by Gasteiger charge is -2.38. The number of benzene rings is 3. The Bertz CT molecular complexity index is 3110. The number of terminal acetylenes is 1. The van der Waals surface area contributed by atoms with Crippen molar-refractivity contribution in [2.45, 2.75) is 101 Å². The molecule has 6 saturated heterocycles. The van der Waals surface area contributed by atoms with E-state index in [2.05, 4.69) is 53.2 Å². The van der Waals surface area contributed by atoms with Crippen LogP contribution in [0.2, 0.25) is 0 Å². The van der Waals surface area contributed by atoms with Crippen LogP contribution in [0.15, 0.2) is 42.6 Å². The van der Waals surface area contributed by atoms with Crippen molar-refractivity contribution in [1.29, 1.82) is 0 Å². The largest absolute Gasteiger partial charge is 0.508 e. The molecule has 19 heteroatoms. The monoisotopic (exact) mass is 1010 g/mol. The van der Waals surface area contributed by atoms with Crippen molar-refractivity contribution in [3.05, 3.63) is 76.7 Å². The Hall–Kier alpha value is -6.59. The molecule has 6 fully saturated rings. The first-order chi connectivity index (χ1) is 35.8. The smallest absolute Gasteiger partial charge is 0.319 e. The van der Waals surface area contributed by atoms with Gasteiger partial charge in [0, 0.05) is 105 Å². The van der Waals surface area contributed by atoms with E-state index in [0.29, 0.717) is 59.9 Å². The number of hydrogen-bond acceptors (Lipinski definition) is 14. The minimum absolute atomic E-state index is 0.00151. The fourth-order valence-electron chi connectivity index (χ4n) is 12.8. The number of phenolic OH excluding ortho intramolecular Hbond substituents is 1. The summed E-state index contributed by atoms with van der Waals surface area (Å²) in [6.07, 6.45) is 14.3. The van der Waals surface area contributed by atoms with E-state index in [4.69, 9.17) is 20.9 Å². The molecular weight excluding hydrogens is 954 g/mol. The Kier molecular flexibility index (Phi) is 12.8. The Morgan fingerprint density at radius 2 is 1.65 bits per heavy atom. The Morgan fingerprint density at radius 1 is 0.865 bits per heavy atom. The van der Waals surface area contributed by atoms with Gasteiger partial charge in [-0.15, -0.1) is 6.42 Å².